The molecule has 0 amide bonds. The third-order valence-electron chi connectivity index (χ3n) is 3.85. The second kappa shape index (κ2) is 5.59. The quantitative estimate of drug-likeness (QED) is 0.575. The summed E-state index contributed by atoms with van der Waals surface area (Å²) in [4.78, 5) is 30.9. The summed E-state index contributed by atoms with van der Waals surface area (Å²) < 4.78 is 11.9. The number of rotatable bonds is 3. The molecule has 0 radical (unpaired) electrons. The van der Waals surface area contributed by atoms with Crippen LogP contribution in [0.3, 0.4) is 0 Å². The van der Waals surface area contributed by atoms with Crippen molar-refractivity contribution in [3.63, 3.8) is 0 Å². The lowest BCUT2D eigenvalue weighted by atomic mass is 10.1. The van der Waals surface area contributed by atoms with Crippen LogP contribution >= 0.6 is 0 Å². The molecule has 126 valence electrons. The van der Waals surface area contributed by atoms with E-state index in [1.54, 1.807) is 30.3 Å². The summed E-state index contributed by atoms with van der Waals surface area (Å²) in [7, 11) is 0. The van der Waals surface area contributed by atoms with Crippen LogP contribution in [0.1, 0.15) is 19.9 Å². The van der Waals surface area contributed by atoms with E-state index in [0.29, 0.717) is 28.2 Å². The summed E-state index contributed by atoms with van der Waals surface area (Å²) in [5.74, 6) is 1.10. The second-order valence-electron chi connectivity index (χ2n) is 5.86. The minimum atomic E-state index is -0.664. The molecule has 0 atom stereocenters. The van der Waals surface area contributed by atoms with Crippen LogP contribution < -0.4 is 11.1 Å². The predicted molar refractivity (Wildman–Crippen MR) is 90.2 cm³/mol. The fourth-order valence-corrected chi connectivity index (χ4v) is 2.73. The SMILES string of the molecule is CC(C)n1c(=O)c(=O)[nH]c2cc(-c3noc(-c4ccco4)n3)ccc21. The van der Waals surface area contributed by atoms with Gasteiger partial charge < -0.3 is 13.9 Å². The van der Waals surface area contributed by atoms with Crippen molar-refractivity contribution in [2.45, 2.75) is 19.9 Å². The van der Waals surface area contributed by atoms with Gasteiger partial charge in [0.15, 0.2) is 5.76 Å². The predicted octanol–water partition coefficient (Wildman–Crippen LogP) is 2.58. The van der Waals surface area contributed by atoms with E-state index in [2.05, 4.69) is 15.1 Å². The lowest BCUT2D eigenvalue weighted by Crippen LogP contribution is -2.37. The molecule has 0 unspecified atom stereocenters. The molecule has 0 saturated carbocycles. The van der Waals surface area contributed by atoms with Crippen LogP contribution in [0.2, 0.25) is 0 Å². The highest BCUT2D eigenvalue weighted by atomic mass is 16.5. The van der Waals surface area contributed by atoms with Crippen molar-refractivity contribution in [1.29, 1.82) is 0 Å². The van der Waals surface area contributed by atoms with E-state index < -0.39 is 11.1 Å². The molecule has 8 heteroatoms. The van der Waals surface area contributed by atoms with Crippen LogP contribution in [0.15, 0.2) is 55.1 Å². The third kappa shape index (κ3) is 2.47. The van der Waals surface area contributed by atoms with Crippen LogP contribution in [0, 0.1) is 0 Å². The normalized spacial score (nSPS) is 11.5. The van der Waals surface area contributed by atoms with E-state index in [1.165, 1.54) is 10.8 Å². The molecule has 25 heavy (non-hydrogen) atoms. The molecule has 0 saturated heterocycles. The number of benzene rings is 1. The highest BCUT2D eigenvalue weighted by molar-refractivity contribution is 5.80. The first kappa shape index (κ1) is 15.1. The van der Waals surface area contributed by atoms with Gasteiger partial charge in [0.05, 0.1) is 17.3 Å². The second-order valence-corrected chi connectivity index (χ2v) is 5.86. The Morgan fingerprint density at radius 1 is 1.20 bits per heavy atom. The molecule has 0 aliphatic heterocycles. The number of furan rings is 1. The number of nitrogens with one attached hydrogen (secondary N) is 1. The van der Waals surface area contributed by atoms with Crippen molar-refractivity contribution < 1.29 is 8.94 Å². The molecule has 8 nitrogen and oxygen atoms in total. The summed E-state index contributed by atoms with van der Waals surface area (Å²) >= 11 is 0. The van der Waals surface area contributed by atoms with E-state index in [-0.39, 0.29) is 11.9 Å². The average Bonchev–Trinajstić information content (AvgIpc) is 3.26. The summed E-state index contributed by atoms with van der Waals surface area (Å²) in [5.41, 5.74) is 0.578. The molecule has 0 bridgehead atoms. The largest absolute Gasteiger partial charge is 0.459 e. The van der Waals surface area contributed by atoms with Crippen LogP contribution in [0.4, 0.5) is 0 Å². The number of aromatic amines is 1. The molecule has 3 heterocycles. The highest BCUT2D eigenvalue weighted by Gasteiger charge is 2.15. The van der Waals surface area contributed by atoms with Gasteiger partial charge in [-0.25, -0.2) is 0 Å². The van der Waals surface area contributed by atoms with Gasteiger partial charge in [0.25, 0.3) is 5.89 Å². The molecule has 4 aromatic rings. The molecular weight excluding hydrogens is 324 g/mol. The number of aromatic nitrogens is 4. The summed E-state index contributed by atoms with van der Waals surface area (Å²) in [5, 5.41) is 3.94. The van der Waals surface area contributed by atoms with E-state index in [4.69, 9.17) is 8.94 Å². The zero-order valence-electron chi connectivity index (χ0n) is 13.5. The Morgan fingerprint density at radius 3 is 2.76 bits per heavy atom. The Bertz CT molecular complexity index is 1170. The lowest BCUT2D eigenvalue weighted by molar-refractivity contribution is 0.417. The monoisotopic (exact) mass is 338 g/mol. The first-order valence-corrected chi connectivity index (χ1v) is 7.71. The van der Waals surface area contributed by atoms with E-state index in [9.17, 15) is 9.59 Å². The smallest absolute Gasteiger partial charge is 0.316 e. The number of H-pyrrole nitrogens is 1. The maximum Gasteiger partial charge on any atom is 0.316 e. The molecule has 0 aliphatic carbocycles. The van der Waals surface area contributed by atoms with Crippen molar-refractivity contribution in [2.75, 3.05) is 0 Å². The molecule has 3 aromatic heterocycles. The molecule has 1 N–H and O–H groups in total. The van der Waals surface area contributed by atoms with Crippen molar-refractivity contribution in [3.05, 3.63) is 57.3 Å². The lowest BCUT2D eigenvalue weighted by Gasteiger charge is -2.13. The van der Waals surface area contributed by atoms with Crippen molar-refractivity contribution >= 4 is 11.0 Å². The molecule has 0 aliphatic rings. The Labute approximate surface area is 140 Å². The summed E-state index contributed by atoms with van der Waals surface area (Å²) in [6.07, 6.45) is 1.52. The van der Waals surface area contributed by atoms with Crippen LogP contribution in [-0.4, -0.2) is 19.7 Å². The first-order valence-electron chi connectivity index (χ1n) is 7.71. The average molecular weight is 338 g/mol. The van der Waals surface area contributed by atoms with Gasteiger partial charge >= 0.3 is 11.1 Å². The van der Waals surface area contributed by atoms with Gasteiger partial charge in [-0.2, -0.15) is 4.98 Å². The highest BCUT2D eigenvalue weighted by Crippen LogP contribution is 2.24. The number of fused-ring (bicyclic) bond motifs is 1. The number of hydrogen-bond donors (Lipinski definition) is 1. The fraction of sp³-hybridized carbons (Fsp3) is 0.176. The van der Waals surface area contributed by atoms with Crippen LogP contribution in [-0.2, 0) is 0 Å². The van der Waals surface area contributed by atoms with E-state index >= 15 is 0 Å². The third-order valence-corrected chi connectivity index (χ3v) is 3.85. The Hall–Kier alpha value is -3.42. The van der Waals surface area contributed by atoms with Gasteiger partial charge in [-0.05, 0) is 44.2 Å². The van der Waals surface area contributed by atoms with Gasteiger partial charge in [-0.3, -0.25) is 14.2 Å². The fourth-order valence-electron chi connectivity index (χ4n) is 2.73. The Morgan fingerprint density at radius 2 is 2.04 bits per heavy atom. The maximum atomic E-state index is 12.1. The van der Waals surface area contributed by atoms with E-state index in [1.807, 2.05) is 13.8 Å². The minimum absolute atomic E-state index is 0.140. The van der Waals surface area contributed by atoms with Gasteiger partial charge in [0.1, 0.15) is 0 Å². The Kier molecular flexibility index (Phi) is 3.38. The minimum Gasteiger partial charge on any atom is -0.459 e. The van der Waals surface area contributed by atoms with Gasteiger partial charge in [0, 0.05) is 11.6 Å². The van der Waals surface area contributed by atoms with E-state index in [0.717, 1.165) is 0 Å². The first-order chi connectivity index (χ1) is 12.0. The molecule has 1 aromatic carbocycles. The van der Waals surface area contributed by atoms with Gasteiger partial charge in [-0.1, -0.05) is 5.16 Å². The van der Waals surface area contributed by atoms with Crippen LogP contribution in [0.25, 0.3) is 34.1 Å². The molecular formula is C17H14N4O4. The maximum absolute atomic E-state index is 12.1. The van der Waals surface area contributed by atoms with Crippen molar-refractivity contribution in [3.8, 4) is 23.0 Å². The number of hydrogen-bond acceptors (Lipinski definition) is 6. The molecule has 0 fully saturated rings. The standard InChI is InChI=1S/C17H14N4O4/c1-9(2)21-12-6-5-10(8-11(12)18-15(22)17(21)23)14-19-16(25-20-14)13-4-3-7-24-13/h3-9H,1-2H3,(H,18,22). The summed E-state index contributed by atoms with van der Waals surface area (Å²) in [6, 6.07) is 8.55. The van der Waals surface area contributed by atoms with Crippen molar-refractivity contribution in [2.24, 2.45) is 0 Å². The Balaban J connectivity index is 1.86. The van der Waals surface area contributed by atoms with Gasteiger partial charge in [0.2, 0.25) is 5.82 Å². The topological polar surface area (TPSA) is 107 Å². The zero-order chi connectivity index (χ0) is 17.6. The van der Waals surface area contributed by atoms with Gasteiger partial charge in [-0.15, -0.1) is 0 Å². The van der Waals surface area contributed by atoms with Crippen LogP contribution in [0.5, 0.6) is 0 Å². The summed E-state index contributed by atoms with van der Waals surface area (Å²) in [6.45, 7) is 3.70. The van der Waals surface area contributed by atoms with Crippen molar-refractivity contribution in [1.82, 2.24) is 19.7 Å². The zero-order valence-corrected chi connectivity index (χ0v) is 13.5. The molecule has 0 spiro atoms. The number of nitrogens with zero attached hydrogens (tertiary/aromatic N) is 3. The molecule has 4 rings (SSSR count).